The molecular weight excluding hydrogens is 319 g/mol. The molecule has 1 heterocycles. The molecule has 1 aliphatic rings. The average Bonchev–Trinajstić information content (AvgIpc) is 2.63. The molecule has 1 aromatic rings. The van der Waals surface area contributed by atoms with Crippen LogP contribution in [0.1, 0.15) is 37.3 Å². The molecule has 1 fully saturated rings. The molecule has 25 heavy (non-hydrogen) atoms. The molecule has 0 unspecified atom stereocenters. The van der Waals surface area contributed by atoms with Crippen molar-refractivity contribution >= 4 is 5.96 Å². The van der Waals surface area contributed by atoms with Crippen molar-refractivity contribution in [1.82, 2.24) is 15.5 Å². The first-order valence-electron chi connectivity index (χ1n) is 9.17. The molecule has 0 amide bonds. The molecule has 0 spiro atoms. The molecule has 1 aliphatic heterocycles. The van der Waals surface area contributed by atoms with Crippen molar-refractivity contribution in [2.24, 2.45) is 10.9 Å². The molecular formula is C19H31FN4O. The Morgan fingerprint density at radius 3 is 2.76 bits per heavy atom. The van der Waals surface area contributed by atoms with Crippen LogP contribution in [-0.4, -0.2) is 49.2 Å². The molecule has 6 heteroatoms. The topological polar surface area (TPSA) is 59.9 Å². The summed E-state index contributed by atoms with van der Waals surface area (Å²) in [6.07, 6.45) is 3.70. The van der Waals surface area contributed by atoms with Crippen LogP contribution >= 0.6 is 0 Å². The summed E-state index contributed by atoms with van der Waals surface area (Å²) in [6, 6.07) is 4.78. The molecule has 0 saturated carbocycles. The lowest BCUT2D eigenvalue weighted by Crippen LogP contribution is -2.39. The zero-order chi connectivity index (χ0) is 18.1. The number of hydrogen-bond acceptors (Lipinski definition) is 3. The normalized spacial score (nSPS) is 16.9. The van der Waals surface area contributed by atoms with E-state index in [2.05, 4.69) is 27.4 Å². The Kier molecular flexibility index (Phi) is 8.15. The molecule has 1 aromatic carbocycles. The fraction of sp³-hybridized carbons (Fsp3) is 0.632. The molecule has 0 atom stereocenters. The lowest BCUT2D eigenvalue weighted by Gasteiger charge is -2.30. The van der Waals surface area contributed by atoms with Gasteiger partial charge in [-0.05, 0) is 62.5 Å². The van der Waals surface area contributed by atoms with Crippen LogP contribution in [0.2, 0.25) is 0 Å². The summed E-state index contributed by atoms with van der Waals surface area (Å²) in [5.74, 6) is 1.23. The molecule has 0 radical (unpaired) electrons. The summed E-state index contributed by atoms with van der Waals surface area (Å²) in [4.78, 5) is 6.75. The number of rotatable bonds is 7. The summed E-state index contributed by atoms with van der Waals surface area (Å²) in [7, 11) is 1.74. The van der Waals surface area contributed by atoms with Crippen LogP contribution in [-0.2, 0) is 13.2 Å². The van der Waals surface area contributed by atoms with Crippen LogP contribution in [0.4, 0.5) is 4.39 Å². The van der Waals surface area contributed by atoms with Gasteiger partial charge in [0.2, 0.25) is 0 Å². The second-order valence-corrected chi connectivity index (χ2v) is 6.81. The Labute approximate surface area is 150 Å². The van der Waals surface area contributed by atoms with Crippen molar-refractivity contribution in [3.63, 3.8) is 0 Å². The van der Waals surface area contributed by atoms with E-state index in [1.807, 2.05) is 0 Å². The van der Waals surface area contributed by atoms with E-state index < -0.39 is 0 Å². The number of aliphatic imine (C=N–C) groups is 1. The number of hydrogen-bond donors (Lipinski definition) is 3. The number of aliphatic hydroxyl groups is 1. The number of aliphatic hydroxyl groups excluding tert-OH is 1. The van der Waals surface area contributed by atoms with Gasteiger partial charge < -0.3 is 20.6 Å². The van der Waals surface area contributed by atoms with Crippen molar-refractivity contribution in [2.45, 2.75) is 39.3 Å². The Hall–Kier alpha value is -1.66. The zero-order valence-corrected chi connectivity index (χ0v) is 15.4. The lowest BCUT2D eigenvalue weighted by atomic mass is 9.99. The SMILES string of the molecule is CN=C(NCCCN1CCC(C)CC1)NCc1ccc(F)c(CO)c1. The fourth-order valence-electron chi connectivity index (χ4n) is 3.06. The van der Waals surface area contributed by atoms with Crippen molar-refractivity contribution < 1.29 is 9.50 Å². The van der Waals surface area contributed by atoms with Gasteiger partial charge in [0.1, 0.15) is 5.82 Å². The van der Waals surface area contributed by atoms with Gasteiger partial charge in [0, 0.05) is 25.7 Å². The standard InChI is InChI=1S/C19H31FN4O/c1-15-6-10-24(11-7-15)9-3-8-22-19(21-2)23-13-16-4-5-18(20)17(12-16)14-25/h4-5,12,15,25H,3,6-11,13-14H2,1-2H3,(H2,21,22,23). The molecule has 0 aliphatic carbocycles. The number of nitrogens with one attached hydrogen (secondary N) is 2. The highest BCUT2D eigenvalue weighted by molar-refractivity contribution is 5.79. The van der Waals surface area contributed by atoms with Crippen LogP contribution in [0.3, 0.4) is 0 Å². The average molecular weight is 350 g/mol. The Morgan fingerprint density at radius 2 is 2.08 bits per heavy atom. The van der Waals surface area contributed by atoms with E-state index in [1.165, 1.54) is 32.0 Å². The monoisotopic (exact) mass is 350 g/mol. The lowest BCUT2D eigenvalue weighted by molar-refractivity contribution is 0.191. The quantitative estimate of drug-likeness (QED) is 0.400. The largest absolute Gasteiger partial charge is 0.392 e. The van der Waals surface area contributed by atoms with Crippen LogP contribution < -0.4 is 10.6 Å². The van der Waals surface area contributed by atoms with Gasteiger partial charge in [0.25, 0.3) is 0 Å². The van der Waals surface area contributed by atoms with E-state index in [-0.39, 0.29) is 12.4 Å². The van der Waals surface area contributed by atoms with E-state index in [9.17, 15) is 4.39 Å². The second-order valence-electron chi connectivity index (χ2n) is 6.81. The smallest absolute Gasteiger partial charge is 0.191 e. The Bertz CT molecular complexity index is 556. The van der Waals surface area contributed by atoms with Gasteiger partial charge in [-0.3, -0.25) is 4.99 Å². The summed E-state index contributed by atoms with van der Waals surface area (Å²) in [6.45, 7) is 7.00. The Balaban J connectivity index is 1.67. The molecule has 3 N–H and O–H groups in total. The van der Waals surface area contributed by atoms with E-state index in [0.29, 0.717) is 12.1 Å². The minimum atomic E-state index is -0.374. The minimum absolute atomic E-state index is 0.290. The third-order valence-electron chi connectivity index (χ3n) is 4.78. The molecule has 1 saturated heterocycles. The predicted octanol–water partition coefficient (Wildman–Crippen LogP) is 2.10. The Morgan fingerprint density at radius 1 is 1.32 bits per heavy atom. The van der Waals surface area contributed by atoms with Gasteiger partial charge >= 0.3 is 0 Å². The number of guanidine groups is 1. The summed E-state index contributed by atoms with van der Waals surface area (Å²) in [5.41, 5.74) is 1.23. The third kappa shape index (κ3) is 6.63. The van der Waals surface area contributed by atoms with Crippen LogP contribution in [0.5, 0.6) is 0 Å². The molecule has 0 aromatic heterocycles. The second kappa shape index (κ2) is 10.4. The highest BCUT2D eigenvalue weighted by Crippen LogP contribution is 2.15. The van der Waals surface area contributed by atoms with E-state index in [4.69, 9.17) is 5.11 Å². The van der Waals surface area contributed by atoms with Gasteiger partial charge in [0.05, 0.1) is 6.61 Å². The van der Waals surface area contributed by atoms with Gasteiger partial charge in [-0.25, -0.2) is 4.39 Å². The number of halogens is 1. The van der Waals surface area contributed by atoms with Gasteiger partial charge in [-0.2, -0.15) is 0 Å². The van der Waals surface area contributed by atoms with Gasteiger partial charge in [-0.1, -0.05) is 13.0 Å². The van der Waals surface area contributed by atoms with Crippen molar-refractivity contribution in [1.29, 1.82) is 0 Å². The van der Waals surface area contributed by atoms with Crippen molar-refractivity contribution in [3.8, 4) is 0 Å². The molecule has 140 valence electrons. The van der Waals surface area contributed by atoms with Crippen LogP contribution in [0, 0.1) is 11.7 Å². The maximum Gasteiger partial charge on any atom is 0.191 e. The summed E-state index contributed by atoms with van der Waals surface area (Å²) >= 11 is 0. The van der Waals surface area contributed by atoms with Crippen LogP contribution in [0.25, 0.3) is 0 Å². The van der Waals surface area contributed by atoms with E-state index in [0.717, 1.165) is 37.0 Å². The van der Waals surface area contributed by atoms with E-state index >= 15 is 0 Å². The van der Waals surface area contributed by atoms with Crippen molar-refractivity contribution in [3.05, 3.63) is 35.1 Å². The maximum atomic E-state index is 13.4. The summed E-state index contributed by atoms with van der Waals surface area (Å²) in [5, 5.41) is 15.7. The number of likely N-dealkylation sites (tertiary alicyclic amines) is 1. The van der Waals surface area contributed by atoms with Gasteiger partial charge in [0.15, 0.2) is 5.96 Å². The molecule has 0 bridgehead atoms. The number of nitrogens with zero attached hydrogens (tertiary/aromatic N) is 2. The maximum absolute atomic E-state index is 13.4. The first-order chi connectivity index (χ1) is 12.1. The third-order valence-corrected chi connectivity index (χ3v) is 4.78. The predicted molar refractivity (Wildman–Crippen MR) is 100.0 cm³/mol. The first-order valence-corrected chi connectivity index (χ1v) is 9.17. The minimum Gasteiger partial charge on any atom is -0.392 e. The van der Waals surface area contributed by atoms with Crippen LogP contribution in [0.15, 0.2) is 23.2 Å². The zero-order valence-electron chi connectivity index (χ0n) is 15.4. The first kappa shape index (κ1) is 19.7. The highest BCUT2D eigenvalue weighted by atomic mass is 19.1. The molecule has 2 rings (SSSR count). The van der Waals surface area contributed by atoms with Crippen molar-refractivity contribution in [2.75, 3.05) is 33.2 Å². The highest BCUT2D eigenvalue weighted by Gasteiger charge is 2.14. The fourth-order valence-corrected chi connectivity index (χ4v) is 3.06. The van der Waals surface area contributed by atoms with E-state index in [1.54, 1.807) is 19.2 Å². The summed E-state index contributed by atoms with van der Waals surface area (Å²) < 4.78 is 13.4. The number of piperidine rings is 1. The number of benzene rings is 1. The van der Waals surface area contributed by atoms with Gasteiger partial charge in [-0.15, -0.1) is 0 Å². The molecule has 5 nitrogen and oxygen atoms in total.